The van der Waals surface area contributed by atoms with Crippen LogP contribution >= 0.6 is 11.8 Å². The lowest BCUT2D eigenvalue weighted by Crippen LogP contribution is -2.25. The zero-order valence-corrected chi connectivity index (χ0v) is 11.5. The fourth-order valence-corrected chi connectivity index (χ4v) is 2.65. The highest BCUT2D eigenvalue weighted by Crippen LogP contribution is 2.49. The summed E-state index contributed by atoms with van der Waals surface area (Å²) < 4.78 is 0. The Hall–Kier alpha value is -0.890. The molecule has 1 aliphatic carbocycles. The smallest absolute Gasteiger partial charge is 0.0480 e. The number of thioether (sulfide) groups is 1. The number of hydrogen-bond donors (Lipinski definition) is 1. The minimum atomic E-state index is 0.510. The van der Waals surface area contributed by atoms with Gasteiger partial charge in [0, 0.05) is 22.4 Å². The third kappa shape index (κ3) is 3.06. The predicted molar refractivity (Wildman–Crippen MR) is 77.8 cm³/mol. The summed E-state index contributed by atoms with van der Waals surface area (Å²) in [6.07, 6.45) is 4.65. The van der Waals surface area contributed by atoms with E-state index in [1.54, 1.807) is 0 Å². The molecule has 0 radical (unpaired) electrons. The molecule has 1 N–H and O–H groups in total. The van der Waals surface area contributed by atoms with Crippen LogP contribution in [-0.4, -0.2) is 11.8 Å². The van der Waals surface area contributed by atoms with Crippen molar-refractivity contribution < 1.29 is 0 Å². The molecule has 92 valence electrons. The molecule has 0 saturated heterocycles. The molecule has 1 aliphatic rings. The highest BCUT2D eigenvalue weighted by atomic mass is 32.2. The molecule has 1 aromatic rings. The standard InChI is InChI=1S/C15H21NS/c1-4-11-17-14-8-6-5-7-13(14)16-12(2)15(3)9-10-15/h4-8,12,16H,1,9-11H2,2-3H3. The summed E-state index contributed by atoms with van der Waals surface area (Å²) in [6, 6.07) is 9.10. The molecule has 0 aliphatic heterocycles. The van der Waals surface area contributed by atoms with E-state index in [1.165, 1.54) is 23.4 Å². The molecule has 0 amide bonds. The van der Waals surface area contributed by atoms with Gasteiger partial charge in [0.25, 0.3) is 0 Å². The van der Waals surface area contributed by atoms with Gasteiger partial charge in [0.2, 0.25) is 0 Å². The van der Waals surface area contributed by atoms with Crippen LogP contribution in [0.5, 0.6) is 0 Å². The Labute approximate surface area is 109 Å². The van der Waals surface area contributed by atoms with Crippen LogP contribution < -0.4 is 5.32 Å². The van der Waals surface area contributed by atoms with Gasteiger partial charge in [-0.05, 0) is 37.3 Å². The first-order valence-electron chi connectivity index (χ1n) is 6.25. The topological polar surface area (TPSA) is 12.0 Å². The van der Waals surface area contributed by atoms with E-state index in [0.717, 1.165) is 5.75 Å². The summed E-state index contributed by atoms with van der Waals surface area (Å²) in [5.74, 6) is 0.963. The van der Waals surface area contributed by atoms with Crippen LogP contribution in [0.2, 0.25) is 0 Å². The van der Waals surface area contributed by atoms with Crippen molar-refractivity contribution in [3.8, 4) is 0 Å². The Bertz CT molecular complexity index is 396. The van der Waals surface area contributed by atoms with Crippen LogP contribution in [0.4, 0.5) is 5.69 Å². The van der Waals surface area contributed by atoms with Crippen molar-refractivity contribution in [2.45, 2.75) is 37.6 Å². The van der Waals surface area contributed by atoms with Crippen molar-refractivity contribution in [1.29, 1.82) is 0 Å². The number of para-hydroxylation sites is 1. The molecular weight excluding hydrogens is 226 g/mol. The lowest BCUT2D eigenvalue weighted by atomic mass is 10.0. The van der Waals surface area contributed by atoms with Crippen LogP contribution in [0.3, 0.4) is 0 Å². The number of hydrogen-bond acceptors (Lipinski definition) is 2. The normalized spacial score (nSPS) is 18.5. The van der Waals surface area contributed by atoms with Crippen LogP contribution in [-0.2, 0) is 0 Å². The monoisotopic (exact) mass is 247 g/mol. The molecule has 1 atom stereocenters. The largest absolute Gasteiger partial charge is 0.381 e. The zero-order chi connectivity index (χ0) is 12.3. The summed E-state index contributed by atoms with van der Waals surface area (Å²) in [5.41, 5.74) is 1.77. The second-order valence-electron chi connectivity index (χ2n) is 5.12. The van der Waals surface area contributed by atoms with Crippen LogP contribution in [0, 0.1) is 5.41 Å². The van der Waals surface area contributed by atoms with Gasteiger partial charge < -0.3 is 5.32 Å². The average molecular weight is 247 g/mol. The van der Waals surface area contributed by atoms with E-state index in [2.05, 4.69) is 50.0 Å². The van der Waals surface area contributed by atoms with Crippen molar-refractivity contribution in [2.75, 3.05) is 11.1 Å². The van der Waals surface area contributed by atoms with Crippen molar-refractivity contribution in [3.05, 3.63) is 36.9 Å². The Morgan fingerprint density at radius 3 is 2.82 bits per heavy atom. The minimum Gasteiger partial charge on any atom is -0.381 e. The molecular formula is C15H21NS. The Morgan fingerprint density at radius 2 is 2.18 bits per heavy atom. The average Bonchev–Trinajstić information content (AvgIpc) is 3.08. The second kappa shape index (κ2) is 5.18. The number of nitrogens with one attached hydrogen (secondary N) is 1. The maximum absolute atomic E-state index is 3.77. The summed E-state index contributed by atoms with van der Waals surface area (Å²) in [7, 11) is 0. The first-order valence-corrected chi connectivity index (χ1v) is 7.23. The van der Waals surface area contributed by atoms with Gasteiger partial charge in [0.05, 0.1) is 0 Å². The summed E-state index contributed by atoms with van der Waals surface area (Å²) in [4.78, 5) is 1.32. The van der Waals surface area contributed by atoms with Gasteiger partial charge in [-0.25, -0.2) is 0 Å². The van der Waals surface area contributed by atoms with Gasteiger partial charge >= 0.3 is 0 Å². The van der Waals surface area contributed by atoms with Crippen LogP contribution in [0.15, 0.2) is 41.8 Å². The molecule has 1 nitrogen and oxygen atoms in total. The van der Waals surface area contributed by atoms with Crippen molar-refractivity contribution >= 4 is 17.4 Å². The highest BCUT2D eigenvalue weighted by molar-refractivity contribution is 7.99. The molecule has 1 unspecified atom stereocenters. The predicted octanol–water partition coefficient (Wildman–Crippen LogP) is 4.57. The van der Waals surface area contributed by atoms with E-state index in [-0.39, 0.29) is 0 Å². The molecule has 2 rings (SSSR count). The molecule has 1 saturated carbocycles. The van der Waals surface area contributed by atoms with Crippen molar-refractivity contribution in [3.63, 3.8) is 0 Å². The Morgan fingerprint density at radius 1 is 1.47 bits per heavy atom. The van der Waals surface area contributed by atoms with Gasteiger partial charge in [-0.2, -0.15) is 0 Å². The molecule has 0 heterocycles. The van der Waals surface area contributed by atoms with E-state index in [0.29, 0.717) is 11.5 Å². The van der Waals surface area contributed by atoms with Gasteiger partial charge in [-0.15, -0.1) is 18.3 Å². The maximum atomic E-state index is 3.77. The van der Waals surface area contributed by atoms with E-state index in [4.69, 9.17) is 0 Å². The molecule has 0 aromatic heterocycles. The lowest BCUT2D eigenvalue weighted by molar-refractivity contribution is 0.492. The van der Waals surface area contributed by atoms with Gasteiger partial charge in [-0.1, -0.05) is 25.1 Å². The molecule has 1 fully saturated rings. The number of anilines is 1. The Balaban J connectivity index is 2.06. The van der Waals surface area contributed by atoms with Gasteiger partial charge in [0.15, 0.2) is 0 Å². The fourth-order valence-electron chi connectivity index (χ4n) is 1.90. The fraction of sp³-hybridized carbons (Fsp3) is 0.467. The quantitative estimate of drug-likeness (QED) is 0.584. The van der Waals surface area contributed by atoms with E-state index in [9.17, 15) is 0 Å². The van der Waals surface area contributed by atoms with E-state index < -0.39 is 0 Å². The second-order valence-corrected chi connectivity index (χ2v) is 6.18. The minimum absolute atomic E-state index is 0.510. The first-order chi connectivity index (χ1) is 8.15. The van der Waals surface area contributed by atoms with Crippen LogP contribution in [0.1, 0.15) is 26.7 Å². The third-order valence-corrected chi connectivity index (χ3v) is 4.77. The van der Waals surface area contributed by atoms with E-state index in [1.807, 2.05) is 17.8 Å². The summed E-state index contributed by atoms with van der Waals surface area (Å²) in [5, 5.41) is 3.67. The van der Waals surface area contributed by atoms with Crippen molar-refractivity contribution in [2.24, 2.45) is 5.41 Å². The molecule has 2 heteroatoms. The van der Waals surface area contributed by atoms with Gasteiger partial charge in [0.1, 0.15) is 0 Å². The zero-order valence-electron chi connectivity index (χ0n) is 10.7. The lowest BCUT2D eigenvalue weighted by Gasteiger charge is -2.23. The van der Waals surface area contributed by atoms with Crippen LogP contribution in [0.25, 0.3) is 0 Å². The summed E-state index contributed by atoms with van der Waals surface area (Å²) in [6.45, 7) is 8.43. The maximum Gasteiger partial charge on any atom is 0.0480 e. The van der Waals surface area contributed by atoms with Crippen molar-refractivity contribution in [1.82, 2.24) is 0 Å². The Kier molecular flexibility index (Phi) is 3.82. The molecule has 1 aromatic carbocycles. The van der Waals surface area contributed by atoms with Gasteiger partial charge in [-0.3, -0.25) is 0 Å². The number of rotatable bonds is 6. The molecule has 0 spiro atoms. The SMILES string of the molecule is C=CCSc1ccccc1NC(C)C1(C)CC1. The summed E-state index contributed by atoms with van der Waals surface area (Å²) >= 11 is 1.84. The number of benzene rings is 1. The first kappa shape index (κ1) is 12.6. The molecule has 17 heavy (non-hydrogen) atoms. The van der Waals surface area contributed by atoms with E-state index >= 15 is 0 Å². The molecule has 0 bridgehead atoms. The third-order valence-electron chi connectivity index (χ3n) is 3.70. The highest BCUT2D eigenvalue weighted by Gasteiger charge is 2.42.